The van der Waals surface area contributed by atoms with E-state index in [1.807, 2.05) is 33.9 Å². The summed E-state index contributed by atoms with van der Waals surface area (Å²) in [5.74, 6) is -0.0627. The lowest BCUT2D eigenvalue weighted by atomic mass is 10.1. The van der Waals surface area contributed by atoms with Crippen LogP contribution in [0.25, 0.3) is 39.0 Å². The molecule has 0 fully saturated rings. The number of ether oxygens (including phenoxy) is 1. The van der Waals surface area contributed by atoms with Crippen LogP contribution in [-0.2, 0) is 7.05 Å². The van der Waals surface area contributed by atoms with E-state index in [-0.39, 0.29) is 28.6 Å². The van der Waals surface area contributed by atoms with Crippen LogP contribution in [0.1, 0.15) is 27.7 Å². The van der Waals surface area contributed by atoms with Gasteiger partial charge in [-0.1, -0.05) is 33.8 Å². The third-order valence-electron chi connectivity index (χ3n) is 4.98. The van der Waals surface area contributed by atoms with E-state index in [0.717, 1.165) is 10.9 Å². The van der Waals surface area contributed by atoms with Gasteiger partial charge in [-0.15, -0.1) is 0 Å². The first-order valence-electron chi connectivity index (χ1n) is 12.0. The zero-order chi connectivity index (χ0) is 28.0. The highest BCUT2D eigenvalue weighted by molar-refractivity contribution is 5.85. The van der Waals surface area contributed by atoms with Crippen molar-refractivity contribution in [3.8, 4) is 22.8 Å². The highest BCUT2D eigenvalue weighted by atomic mass is 19.4. The van der Waals surface area contributed by atoms with Gasteiger partial charge in [-0.25, -0.2) is 9.97 Å². The minimum atomic E-state index is -4.54. The quantitative estimate of drug-likeness (QED) is 0.337. The Morgan fingerprint density at radius 2 is 1.68 bits per heavy atom. The van der Waals surface area contributed by atoms with Gasteiger partial charge in [0.15, 0.2) is 12.3 Å². The summed E-state index contributed by atoms with van der Waals surface area (Å²) in [4.78, 5) is 26.2. The summed E-state index contributed by atoms with van der Waals surface area (Å²) in [5.41, 5.74) is 7.16. The van der Waals surface area contributed by atoms with Gasteiger partial charge in [0.1, 0.15) is 17.0 Å². The van der Waals surface area contributed by atoms with E-state index in [9.17, 15) is 18.0 Å². The molecule has 0 spiro atoms. The maximum absolute atomic E-state index is 13.6. The van der Waals surface area contributed by atoms with Gasteiger partial charge in [-0.05, 0) is 30.3 Å². The first-order valence-corrected chi connectivity index (χ1v) is 12.0. The van der Waals surface area contributed by atoms with Gasteiger partial charge in [-0.3, -0.25) is 14.0 Å². The van der Waals surface area contributed by atoms with Crippen molar-refractivity contribution in [2.45, 2.75) is 33.9 Å². The monoisotopic (exact) mass is 527 g/mol. The lowest BCUT2D eigenvalue weighted by Gasteiger charge is -2.13. The highest BCUT2D eigenvalue weighted by Crippen LogP contribution is 2.25. The molecule has 4 aromatic heterocycles. The van der Waals surface area contributed by atoms with Gasteiger partial charge in [0.05, 0.1) is 17.4 Å². The first kappa shape index (κ1) is 28.1. The number of nitrogens with zero attached hydrogens (tertiary/aromatic N) is 6. The lowest BCUT2D eigenvalue weighted by molar-refractivity contribution is -0.154. The van der Waals surface area contributed by atoms with Crippen LogP contribution in [0.5, 0.6) is 5.88 Å². The molecular weight excluding hydrogens is 499 g/mol. The molecule has 9 nitrogen and oxygen atoms in total. The topological polar surface area (TPSA) is 114 Å². The van der Waals surface area contributed by atoms with Gasteiger partial charge in [0.2, 0.25) is 5.88 Å². The summed E-state index contributed by atoms with van der Waals surface area (Å²) in [5, 5.41) is 5.14. The Bertz CT molecular complexity index is 1590. The normalized spacial score (nSPS) is 10.9. The number of pyridine rings is 2. The Hall–Kier alpha value is -4.48. The minimum Gasteiger partial charge on any atom is -0.468 e. The molecule has 5 aromatic rings. The molecule has 4 heterocycles. The van der Waals surface area contributed by atoms with Crippen molar-refractivity contribution in [2.75, 3.05) is 12.3 Å². The van der Waals surface area contributed by atoms with Crippen molar-refractivity contribution in [3.63, 3.8) is 0 Å². The van der Waals surface area contributed by atoms with Gasteiger partial charge in [-0.2, -0.15) is 23.3 Å². The smallest absolute Gasteiger partial charge is 0.422 e. The summed E-state index contributed by atoms with van der Waals surface area (Å²) in [7, 11) is 1.79. The average molecular weight is 528 g/mol. The summed E-state index contributed by atoms with van der Waals surface area (Å²) < 4.78 is 45.5. The summed E-state index contributed by atoms with van der Waals surface area (Å²) >= 11 is 0. The number of benzene rings is 1. The number of alkyl halides is 3. The average Bonchev–Trinajstić information content (AvgIpc) is 3.29. The molecule has 0 saturated carbocycles. The van der Waals surface area contributed by atoms with Crippen LogP contribution in [0.3, 0.4) is 0 Å². The Morgan fingerprint density at radius 1 is 0.974 bits per heavy atom. The van der Waals surface area contributed by atoms with Crippen LogP contribution in [0, 0.1) is 0 Å². The number of anilines is 1. The zero-order valence-corrected chi connectivity index (χ0v) is 21.6. The fourth-order valence-electron chi connectivity index (χ4n) is 3.54. The molecule has 0 aliphatic heterocycles. The maximum atomic E-state index is 13.6. The fraction of sp³-hybridized carbons (Fsp3) is 0.269. The Morgan fingerprint density at radius 3 is 2.34 bits per heavy atom. The number of nitrogens with two attached hydrogens (primary N) is 1. The first-order chi connectivity index (χ1) is 18.2. The maximum Gasteiger partial charge on any atom is 0.422 e. The molecule has 0 bridgehead atoms. The molecule has 12 heteroatoms. The predicted molar refractivity (Wildman–Crippen MR) is 141 cm³/mol. The van der Waals surface area contributed by atoms with Crippen molar-refractivity contribution in [1.29, 1.82) is 0 Å². The molecule has 0 amide bonds. The largest absolute Gasteiger partial charge is 0.468 e. The van der Waals surface area contributed by atoms with Gasteiger partial charge in [0.25, 0.3) is 5.56 Å². The standard InChI is InChI=1S/C22H16F3N7O2.2C2H6/c1-31-10-13-8-12(2-4-15(13)30-31)19-21(33)32(14-3-6-17(26)27-9-14)20-16(28-19)5-7-18(29-20)34-11-22(23,24)25;2*1-2/h2-10H,11H2,1H3,(H2,26,27);2*1-2H3. The molecule has 0 aliphatic carbocycles. The molecule has 5 rings (SSSR count). The molecule has 2 N–H and O–H groups in total. The lowest BCUT2D eigenvalue weighted by Crippen LogP contribution is -2.24. The summed E-state index contributed by atoms with van der Waals surface area (Å²) in [6.45, 7) is 6.48. The van der Waals surface area contributed by atoms with Gasteiger partial charge < -0.3 is 10.5 Å². The van der Waals surface area contributed by atoms with Crippen LogP contribution >= 0.6 is 0 Å². The third kappa shape index (κ3) is 6.07. The van der Waals surface area contributed by atoms with Crippen LogP contribution < -0.4 is 16.0 Å². The third-order valence-corrected chi connectivity index (χ3v) is 4.98. The van der Waals surface area contributed by atoms with Gasteiger partial charge >= 0.3 is 6.18 Å². The summed E-state index contributed by atoms with van der Waals surface area (Å²) in [6.07, 6.45) is -1.35. The highest BCUT2D eigenvalue weighted by Gasteiger charge is 2.29. The number of fused-ring (bicyclic) bond motifs is 2. The van der Waals surface area contributed by atoms with Crippen molar-refractivity contribution in [1.82, 2.24) is 29.3 Å². The molecule has 0 atom stereocenters. The fourth-order valence-corrected chi connectivity index (χ4v) is 3.54. The minimum absolute atomic E-state index is 0.0162. The van der Waals surface area contributed by atoms with Crippen molar-refractivity contribution in [3.05, 3.63) is 65.2 Å². The van der Waals surface area contributed by atoms with E-state index in [0.29, 0.717) is 11.3 Å². The number of hydrogen-bond donors (Lipinski definition) is 1. The molecule has 0 unspecified atom stereocenters. The van der Waals surface area contributed by atoms with Gasteiger partial charge in [0, 0.05) is 30.3 Å². The van der Waals surface area contributed by atoms with Crippen LogP contribution in [0.15, 0.2) is 59.7 Å². The second-order valence-electron chi connectivity index (χ2n) is 7.51. The van der Waals surface area contributed by atoms with Crippen molar-refractivity contribution < 1.29 is 17.9 Å². The molecule has 0 radical (unpaired) electrons. The van der Waals surface area contributed by atoms with Crippen LogP contribution in [0.2, 0.25) is 0 Å². The van der Waals surface area contributed by atoms with E-state index in [1.54, 1.807) is 36.0 Å². The molecular formula is C26H28F3N7O2. The number of rotatable bonds is 4. The second kappa shape index (κ2) is 11.7. The Balaban J connectivity index is 0.000000956. The number of hydrogen-bond acceptors (Lipinski definition) is 7. The Kier molecular flexibility index (Phi) is 8.66. The molecule has 1 aromatic carbocycles. The van der Waals surface area contributed by atoms with Crippen LogP contribution in [-0.4, -0.2) is 42.1 Å². The number of halogens is 3. The van der Waals surface area contributed by atoms with Crippen LogP contribution in [0.4, 0.5) is 19.0 Å². The molecule has 200 valence electrons. The number of aromatic nitrogens is 6. The molecule has 38 heavy (non-hydrogen) atoms. The van der Waals surface area contributed by atoms with E-state index < -0.39 is 18.3 Å². The van der Waals surface area contributed by atoms with Crippen molar-refractivity contribution in [2.24, 2.45) is 7.05 Å². The number of nitrogen functional groups attached to an aromatic ring is 1. The van der Waals surface area contributed by atoms with E-state index in [1.165, 1.54) is 29.0 Å². The molecule has 0 saturated heterocycles. The number of aryl methyl sites for hydroxylation is 1. The van der Waals surface area contributed by atoms with E-state index >= 15 is 0 Å². The van der Waals surface area contributed by atoms with E-state index in [2.05, 4.69) is 20.1 Å². The SMILES string of the molecule is CC.CC.Cn1cc2cc(-c3nc4ccc(OCC(F)(F)F)nc4n(-c4ccc(N)nc4)c3=O)ccc2n1. The van der Waals surface area contributed by atoms with Crippen molar-refractivity contribution >= 4 is 27.9 Å². The van der Waals surface area contributed by atoms with E-state index in [4.69, 9.17) is 10.5 Å². The Labute approximate surface area is 216 Å². The summed E-state index contributed by atoms with van der Waals surface area (Å²) in [6, 6.07) is 11.1. The zero-order valence-electron chi connectivity index (χ0n) is 21.6. The predicted octanol–water partition coefficient (Wildman–Crippen LogP) is 5.31. The second-order valence-corrected chi connectivity index (χ2v) is 7.51. The molecule has 0 aliphatic rings.